The molecule has 0 spiro atoms. The van der Waals surface area contributed by atoms with Crippen molar-refractivity contribution in [1.82, 2.24) is 4.90 Å². The maximum absolute atomic E-state index is 12.9. The van der Waals surface area contributed by atoms with Crippen molar-refractivity contribution in [1.29, 1.82) is 0 Å². The first-order chi connectivity index (χ1) is 14.0. The van der Waals surface area contributed by atoms with Crippen molar-refractivity contribution >= 4 is 51.7 Å². The van der Waals surface area contributed by atoms with Crippen LogP contribution in [0.2, 0.25) is 5.02 Å². The lowest BCUT2D eigenvalue weighted by Gasteiger charge is -2.16. The van der Waals surface area contributed by atoms with E-state index in [1.54, 1.807) is 36.3 Å². The number of halogens is 1. The molecule has 1 aliphatic rings. The molecule has 0 aromatic heterocycles. The molecule has 2 aromatic rings. The van der Waals surface area contributed by atoms with E-state index >= 15 is 0 Å². The molecule has 1 aliphatic heterocycles. The van der Waals surface area contributed by atoms with Crippen molar-refractivity contribution in [3.8, 4) is 0 Å². The number of aliphatic imine (C=N–C) groups is 1. The first kappa shape index (κ1) is 21.4. The summed E-state index contributed by atoms with van der Waals surface area (Å²) in [7, 11) is 1.59. The first-order valence-electron chi connectivity index (χ1n) is 9.14. The van der Waals surface area contributed by atoms with Gasteiger partial charge >= 0.3 is 0 Å². The van der Waals surface area contributed by atoms with Crippen LogP contribution < -0.4 is 5.32 Å². The van der Waals surface area contributed by atoms with Crippen molar-refractivity contribution in [3.05, 3.63) is 59.1 Å². The third kappa shape index (κ3) is 5.59. The van der Waals surface area contributed by atoms with Crippen molar-refractivity contribution in [2.75, 3.05) is 25.6 Å². The molecule has 2 amide bonds. The standard InChI is InChI=1S/C21H22ClN3O3S/c1-14-6-3-4-9-17(14)24-21-25(10-11-28-2)20(27)18(29-21)13-19(26)23-16-8-5-7-15(22)12-16/h3-9,12,18H,10-11,13H2,1-2H3,(H,23,26). The fraction of sp³-hybridized carbons (Fsp3) is 0.286. The molecule has 1 heterocycles. The summed E-state index contributed by atoms with van der Waals surface area (Å²) in [4.78, 5) is 31.6. The molecule has 29 heavy (non-hydrogen) atoms. The molecule has 2 aromatic carbocycles. The van der Waals surface area contributed by atoms with Crippen LogP contribution in [0.15, 0.2) is 53.5 Å². The van der Waals surface area contributed by atoms with Crippen LogP contribution in [0.1, 0.15) is 12.0 Å². The lowest BCUT2D eigenvalue weighted by Crippen LogP contribution is -2.35. The van der Waals surface area contributed by atoms with E-state index in [9.17, 15) is 9.59 Å². The Bertz CT molecular complexity index is 935. The molecule has 1 fully saturated rings. The van der Waals surface area contributed by atoms with Gasteiger partial charge in [-0.15, -0.1) is 0 Å². The SMILES string of the molecule is COCCN1C(=O)C(CC(=O)Nc2cccc(Cl)c2)SC1=Nc1ccccc1C. The number of aryl methyl sites for hydroxylation is 1. The van der Waals surface area contributed by atoms with Crippen LogP contribution in [-0.4, -0.2) is 47.4 Å². The second-order valence-electron chi connectivity index (χ2n) is 6.53. The van der Waals surface area contributed by atoms with Crippen LogP contribution in [0.5, 0.6) is 0 Å². The number of carbonyl (C=O) groups excluding carboxylic acids is 2. The summed E-state index contributed by atoms with van der Waals surface area (Å²) < 4.78 is 5.13. The number of carbonyl (C=O) groups is 2. The van der Waals surface area contributed by atoms with E-state index in [4.69, 9.17) is 16.3 Å². The third-order valence-corrected chi connectivity index (χ3v) is 5.76. The molecule has 1 N–H and O–H groups in total. The second-order valence-corrected chi connectivity index (χ2v) is 8.14. The largest absolute Gasteiger partial charge is 0.383 e. The van der Waals surface area contributed by atoms with E-state index in [1.165, 1.54) is 11.8 Å². The number of anilines is 1. The van der Waals surface area contributed by atoms with Gasteiger partial charge in [0.05, 0.1) is 18.8 Å². The summed E-state index contributed by atoms with van der Waals surface area (Å²) in [5.74, 6) is -0.387. The molecule has 152 valence electrons. The summed E-state index contributed by atoms with van der Waals surface area (Å²) in [6.45, 7) is 2.75. The maximum Gasteiger partial charge on any atom is 0.242 e. The second kappa shape index (κ2) is 9.91. The minimum atomic E-state index is -0.534. The zero-order valence-corrected chi connectivity index (χ0v) is 17.8. The predicted molar refractivity (Wildman–Crippen MR) is 118 cm³/mol. The number of amidine groups is 1. The van der Waals surface area contributed by atoms with E-state index in [2.05, 4.69) is 10.3 Å². The van der Waals surface area contributed by atoms with Gasteiger partial charge in [-0.1, -0.05) is 47.6 Å². The van der Waals surface area contributed by atoms with Crippen LogP contribution in [0.3, 0.4) is 0 Å². The number of ether oxygens (including phenoxy) is 1. The monoisotopic (exact) mass is 431 g/mol. The Hall–Kier alpha value is -2.35. The number of para-hydroxylation sites is 1. The van der Waals surface area contributed by atoms with E-state index in [0.29, 0.717) is 29.0 Å². The number of benzene rings is 2. The number of thioether (sulfide) groups is 1. The fourth-order valence-electron chi connectivity index (χ4n) is 2.85. The fourth-order valence-corrected chi connectivity index (χ4v) is 4.22. The highest BCUT2D eigenvalue weighted by atomic mass is 35.5. The lowest BCUT2D eigenvalue weighted by atomic mass is 10.2. The van der Waals surface area contributed by atoms with Crippen LogP contribution in [0, 0.1) is 6.92 Å². The van der Waals surface area contributed by atoms with Crippen LogP contribution in [0.4, 0.5) is 11.4 Å². The average Bonchev–Trinajstić information content (AvgIpc) is 2.96. The molecule has 3 rings (SSSR count). The van der Waals surface area contributed by atoms with Gasteiger partial charge in [0.2, 0.25) is 11.8 Å². The molecule has 0 saturated carbocycles. The van der Waals surface area contributed by atoms with Crippen LogP contribution in [0.25, 0.3) is 0 Å². The highest BCUT2D eigenvalue weighted by Crippen LogP contribution is 2.32. The summed E-state index contributed by atoms with van der Waals surface area (Å²) in [5.41, 5.74) is 2.42. The first-order valence-corrected chi connectivity index (χ1v) is 10.4. The Morgan fingerprint density at radius 2 is 2.07 bits per heavy atom. The number of rotatable bonds is 7. The van der Waals surface area contributed by atoms with Crippen molar-refractivity contribution in [3.63, 3.8) is 0 Å². The number of nitrogens with zero attached hydrogens (tertiary/aromatic N) is 2. The quantitative estimate of drug-likeness (QED) is 0.711. The summed E-state index contributed by atoms with van der Waals surface area (Å²) >= 11 is 7.26. The van der Waals surface area contributed by atoms with Crippen molar-refractivity contribution in [2.45, 2.75) is 18.6 Å². The Morgan fingerprint density at radius 1 is 1.28 bits per heavy atom. The van der Waals surface area contributed by atoms with Gasteiger partial charge in [-0.3, -0.25) is 14.5 Å². The number of hydrogen-bond donors (Lipinski definition) is 1. The molecule has 8 heteroatoms. The molecular formula is C21H22ClN3O3S. The number of hydrogen-bond acceptors (Lipinski definition) is 5. The Morgan fingerprint density at radius 3 is 2.79 bits per heavy atom. The highest BCUT2D eigenvalue weighted by molar-refractivity contribution is 8.15. The third-order valence-electron chi connectivity index (χ3n) is 4.35. The van der Waals surface area contributed by atoms with Crippen molar-refractivity contribution in [2.24, 2.45) is 4.99 Å². The van der Waals surface area contributed by atoms with E-state index in [1.807, 2.05) is 31.2 Å². The Kier molecular flexibility index (Phi) is 7.30. The molecule has 0 aliphatic carbocycles. The van der Waals surface area contributed by atoms with Gasteiger partial charge in [0.1, 0.15) is 5.25 Å². The molecule has 1 saturated heterocycles. The highest BCUT2D eigenvalue weighted by Gasteiger charge is 2.39. The average molecular weight is 432 g/mol. The van der Waals surface area contributed by atoms with Gasteiger partial charge in [0.25, 0.3) is 0 Å². The van der Waals surface area contributed by atoms with Gasteiger partial charge in [0, 0.05) is 24.2 Å². The Labute approximate surface area is 179 Å². The van der Waals surface area contributed by atoms with Gasteiger partial charge < -0.3 is 10.1 Å². The number of nitrogens with one attached hydrogen (secondary N) is 1. The normalized spacial score (nSPS) is 17.8. The zero-order valence-electron chi connectivity index (χ0n) is 16.2. The topological polar surface area (TPSA) is 71.0 Å². The summed E-state index contributed by atoms with van der Waals surface area (Å²) in [6.07, 6.45) is 0.0479. The van der Waals surface area contributed by atoms with Crippen molar-refractivity contribution < 1.29 is 14.3 Å². The van der Waals surface area contributed by atoms with E-state index < -0.39 is 5.25 Å². The van der Waals surface area contributed by atoms with Gasteiger partial charge in [-0.2, -0.15) is 0 Å². The Balaban J connectivity index is 1.75. The van der Waals surface area contributed by atoms with Gasteiger partial charge in [0.15, 0.2) is 5.17 Å². The molecule has 1 atom stereocenters. The summed E-state index contributed by atoms with van der Waals surface area (Å²) in [6, 6.07) is 14.6. The molecule has 0 radical (unpaired) electrons. The summed E-state index contributed by atoms with van der Waals surface area (Å²) in [5, 5.41) is 3.38. The molecule has 6 nitrogen and oxygen atoms in total. The maximum atomic E-state index is 12.9. The van der Waals surface area contributed by atoms with E-state index in [0.717, 1.165) is 11.3 Å². The van der Waals surface area contributed by atoms with Gasteiger partial charge in [-0.25, -0.2) is 4.99 Å². The molecule has 1 unspecified atom stereocenters. The predicted octanol–water partition coefficient (Wildman–Crippen LogP) is 4.26. The number of amides is 2. The zero-order chi connectivity index (χ0) is 20.8. The van der Waals surface area contributed by atoms with Gasteiger partial charge in [-0.05, 0) is 36.8 Å². The minimum absolute atomic E-state index is 0.0479. The smallest absolute Gasteiger partial charge is 0.242 e. The van der Waals surface area contributed by atoms with Crippen LogP contribution >= 0.6 is 23.4 Å². The van der Waals surface area contributed by atoms with E-state index in [-0.39, 0.29) is 18.2 Å². The molecule has 0 bridgehead atoms. The minimum Gasteiger partial charge on any atom is -0.383 e. The number of methoxy groups -OCH3 is 1. The lowest BCUT2D eigenvalue weighted by molar-refractivity contribution is -0.128. The van der Waals surface area contributed by atoms with Crippen LogP contribution in [-0.2, 0) is 14.3 Å². The molecular weight excluding hydrogens is 410 g/mol.